The van der Waals surface area contributed by atoms with Crippen LogP contribution in [0.25, 0.3) is 0 Å². The van der Waals surface area contributed by atoms with E-state index in [1.165, 1.54) is 87.6 Å². The maximum absolute atomic E-state index is 5.04. The smallest absolute Gasteiger partial charge is 0.0460 e. The Morgan fingerprint density at radius 2 is 1.24 bits per heavy atom. The van der Waals surface area contributed by atoms with Crippen molar-refractivity contribution in [2.75, 3.05) is 0 Å². The van der Waals surface area contributed by atoms with Crippen LogP contribution in [-0.2, 0) is 18.3 Å². The van der Waals surface area contributed by atoms with Crippen LogP contribution in [0.2, 0.25) is 0 Å². The van der Waals surface area contributed by atoms with Crippen LogP contribution in [0.3, 0.4) is 0 Å². The lowest BCUT2D eigenvalue weighted by Crippen LogP contribution is -2.15. The first-order chi connectivity index (χ1) is 10.1. The molecule has 0 unspecified atom stereocenters. The van der Waals surface area contributed by atoms with E-state index in [1.807, 2.05) is 0 Å². The Bertz CT molecular complexity index is 428. The van der Waals surface area contributed by atoms with Crippen molar-refractivity contribution in [1.82, 2.24) is 4.98 Å². The molecule has 0 spiro atoms. The molecule has 0 saturated carbocycles. The van der Waals surface area contributed by atoms with Crippen molar-refractivity contribution in [3.05, 3.63) is 29.1 Å². The van der Waals surface area contributed by atoms with Gasteiger partial charge in [0, 0.05) is 16.8 Å². The molecular weight excluding hydrogens is 254 g/mol. The summed E-state index contributed by atoms with van der Waals surface area (Å²) in [5.74, 6) is 0. The number of nitrogens with zero attached hydrogens (tertiary/aromatic N) is 1. The molecule has 1 aromatic rings. The van der Waals surface area contributed by atoms with Crippen LogP contribution in [0.1, 0.15) is 95.5 Å². The lowest BCUT2D eigenvalue weighted by atomic mass is 9.90. The van der Waals surface area contributed by atoms with Gasteiger partial charge < -0.3 is 0 Å². The zero-order valence-electron chi connectivity index (χ0n) is 14.4. The highest BCUT2D eigenvalue weighted by Crippen LogP contribution is 2.24. The first kappa shape index (κ1) is 16.5. The third-order valence-electron chi connectivity index (χ3n) is 4.70. The zero-order valence-corrected chi connectivity index (χ0v) is 14.4. The Kier molecular flexibility index (Phi) is 6.26. The highest BCUT2D eigenvalue weighted by Gasteiger charge is 2.17. The van der Waals surface area contributed by atoms with Gasteiger partial charge in [0.25, 0.3) is 0 Å². The molecule has 0 radical (unpaired) electrons. The number of fused-ring (bicyclic) bond motifs is 1. The quantitative estimate of drug-likeness (QED) is 0.571. The third-order valence-corrected chi connectivity index (χ3v) is 4.70. The first-order valence-corrected chi connectivity index (χ1v) is 9.07. The summed E-state index contributed by atoms with van der Waals surface area (Å²) >= 11 is 0. The number of aryl methyl sites for hydroxylation is 2. The average Bonchev–Trinajstić information content (AvgIpc) is 2.46. The summed E-state index contributed by atoms with van der Waals surface area (Å²) in [7, 11) is 0. The lowest BCUT2D eigenvalue weighted by molar-refractivity contribution is 0.558. The number of hydrogen-bond donors (Lipinski definition) is 0. The average molecular weight is 287 g/mol. The molecule has 0 atom stereocenters. The molecule has 118 valence electrons. The minimum absolute atomic E-state index is 0.163. The standard InChI is InChI=1S/C20H33N/c1-20(2,3)19-16-15-17-13-11-9-7-5-4-6-8-10-12-14-18(17)21-19/h15-16H,4-14H2,1-3H3. The van der Waals surface area contributed by atoms with Crippen LogP contribution in [0.15, 0.2) is 12.1 Å². The van der Waals surface area contributed by atoms with E-state index in [-0.39, 0.29) is 5.41 Å². The monoisotopic (exact) mass is 287 g/mol. The molecule has 21 heavy (non-hydrogen) atoms. The van der Waals surface area contributed by atoms with Gasteiger partial charge in [-0.25, -0.2) is 0 Å². The van der Waals surface area contributed by atoms with E-state index in [2.05, 4.69) is 32.9 Å². The molecule has 0 aromatic carbocycles. The normalized spacial score (nSPS) is 19.0. The number of rotatable bonds is 0. The molecule has 0 bridgehead atoms. The van der Waals surface area contributed by atoms with E-state index in [1.54, 1.807) is 0 Å². The summed E-state index contributed by atoms with van der Waals surface area (Å²) in [6.45, 7) is 6.80. The third kappa shape index (κ3) is 5.45. The minimum atomic E-state index is 0.163. The molecular formula is C20H33N. The summed E-state index contributed by atoms with van der Waals surface area (Å²) in [6, 6.07) is 4.62. The van der Waals surface area contributed by atoms with Gasteiger partial charge in [-0.15, -0.1) is 0 Å². The highest BCUT2D eigenvalue weighted by molar-refractivity contribution is 5.26. The predicted molar refractivity (Wildman–Crippen MR) is 91.9 cm³/mol. The largest absolute Gasteiger partial charge is 0.257 e. The van der Waals surface area contributed by atoms with Crippen LogP contribution >= 0.6 is 0 Å². The second-order valence-corrected chi connectivity index (χ2v) is 7.73. The maximum atomic E-state index is 5.04. The van der Waals surface area contributed by atoms with Gasteiger partial charge in [0.1, 0.15) is 0 Å². The molecule has 0 saturated heterocycles. The van der Waals surface area contributed by atoms with E-state index in [0.717, 1.165) is 0 Å². The van der Waals surface area contributed by atoms with E-state index >= 15 is 0 Å². The van der Waals surface area contributed by atoms with Gasteiger partial charge in [0.2, 0.25) is 0 Å². The molecule has 0 aliphatic heterocycles. The van der Waals surface area contributed by atoms with Crippen LogP contribution < -0.4 is 0 Å². The van der Waals surface area contributed by atoms with Gasteiger partial charge in [-0.05, 0) is 37.3 Å². The van der Waals surface area contributed by atoms with E-state index < -0.39 is 0 Å². The van der Waals surface area contributed by atoms with Crippen molar-refractivity contribution in [2.24, 2.45) is 0 Å². The van der Waals surface area contributed by atoms with Gasteiger partial charge in [0.05, 0.1) is 0 Å². The molecule has 1 aliphatic carbocycles. The molecule has 1 heteroatoms. The van der Waals surface area contributed by atoms with Crippen molar-refractivity contribution < 1.29 is 0 Å². The fourth-order valence-corrected chi connectivity index (χ4v) is 3.24. The second-order valence-electron chi connectivity index (χ2n) is 7.73. The van der Waals surface area contributed by atoms with Gasteiger partial charge in [-0.1, -0.05) is 71.8 Å². The van der Waals surface area contributed by atoms with Crippen molar-refractivity contribution in [2.45, 2.75) is 96.8 Å². The number of aromatic nitrogens is 1. The second kappa shape index (κ2) is 7.96. The summed E-state index contributed by atoms with van der Waals surface area (Å²) in [4.78, 5) is 5.04. The molecule has 1 heterocycles. The Morgan fingerprint density at radius 3 is 1.81 bits per heavy atom. The van der Waals surface area contributed by atoms with Gasteiger partial charge in [-0.2, -0.15) is 0 Å². The van der Waals surface area contributed by atoms with Crippen molar-refractivity contribution in [3.63, 3.8) is 0 Å². The summed E-state index contributed by atoms with van der Waals surface area (Å²) < 4.78 is 0. The van der Waals surface area contributed by atoms with E-state index in [0.29, 0.717) is 0 Å². The lowest BCUT2D eigenvalue weighted by Gasteiger charge is -2.20. The van der Waals surface area contributed by atoms with Crippen LogP contribution in [-0.4, -0.2) is 4.98 Å². The van der Waals surface area contributed by atoms with Gasteiger partial charge in [0.15, 0.2) is 0 Å². The Balaban J connectivity index is 2.12. The van der Waals surface area contributed by atoms with Crippen molar-refractivity contribution in [3.8, 4) is 0 Å². The van der Waals surface area contributed by atoms with Crippen LogP contribution in [0, 0.1) is 0 Å². The predicted octanol–water partition coefficient (Wildman–Crippen LogP) is 5.99. The molecule has 0 amide bonds. The fourth-order valence-electron chi connectivity index (χ4n) is 3.24. The van der Waals surface area contributed by atoms with Crippen molar-refractivity contribution >= 4 is 0 Å². The fraction of sp³-hybridized carbons (Fsp3) is 0.750. The molecule has 2 rings (SSSR count). The van der Waals surface area contributed by atoms with Crippen LogP contribution in [0.4, 0.5) is 0 Å². The van der Waals surface area contributed by atoms with Gasteiger partial charge >= 0.3 is 0 Å². The zero-order chi connectivity index (χ0) is 15.1. The molecule has 0 N–H and O–H groups in total. The van der Waals surface area contributed by atoms with Crippen LogP contribution in [0.5, 0.6) is 0 Å². The maximum Gasteiger partial charge on any atom is 0.0460 e. The Labute approximate surface area is 131 Å². The SMILES string of the molecule is CC(C)(C)c1ccc2c(n1)CCCCCCCCCCC2. The van der Waals surface area contributed by atoms with Gasteiger partial charge in [-0.3, -0.25) is 4.98 Å². The summed E-state index contributed by atoms with van der Waals surface area (Å²) in [5, 5.41) is 0. The number of pyridine rings is 1. The Hall–Kier alpha value is -0.850. The molecule has 1 nitrogen and oxygen atoms in total. The minimum Gasteiger partial charge on any atom is -0.257 e. The summed E-state index contributed by atoms with van der Waals surface area (Å²) in [5.41, 5.74) is 4.32. The first-order valence-electron chi connectivity index (χ1n) is 9.07. The van der Waals surface area contributed by atoms with E-state index in [9.17, 15) is 0 Å². The number of hydrogen-bond acceptors (Lipinski definition) is 1. The molecule has 1 aliphatic rings. The molecule has 1 aromatic heterocycles. The highest BCUT2D eigenvalue weighted by atomic mass is 14.7. The topological polar surface area (TPSA) is 12.9 Å². The Morgan fingerprint density at radius 1 is 0.714 bits per heavy atom. The summed E-state index contributed by atoms with van der Waals surface area (Å²) in [6.07, 6.45) is 15.0. The van der Waals surface area contributed by atoms with E-state index in [4.69, 9.17) is 4.98 Å². The molecule has 0 fully saturated rings. The van der Waals surface area contributed by atoms with Crippen molar-refractivity contribution in [1.29, 1.82) is 0 Å².